The summed E-state index contributed by atoms with van der Waals surface area (Å²) in [6, 6.07) is 4.94. The first-order chi connectivity index (χ1) is 9.16. The minimum absolute atomic E-state index is 0.133. The SMILES string of the molecule is Nc1cc(Cl)ccc1C(=O)NCCN1CCCCC1. The number of piperidine rings is 1. The molecule has 19 heavy (non-hydrogen) atoms. The molecule has 0 unspecified atom stereocenters. The summed E-state index contributed by atoms with van der Waals surface area (Å²) in [5.74, 6) is -0.133. The van der Waals surface area contributed by atoms with Crippen molar-refractivity contribution in [2.24, 2.45) is 0 Å². The molecule has 0 aliphatic carbocycles. The Labute approximate surface area is 118 Å². The number of carbonyl (C=O) groups excluding carboxylic acids is 1. The molecule has 1 aromatic rings. The Hall–Kier alpha value is -1.26. The fourth-order valence-electron chi connectivity index (χ4n) is 2.35. The average Bonchev–Trinajstić information content (AvgIpc) is 2.39. The molecule has 1 amide bonds. The lowest BCUT2D eigenvalue weighted by Crippen LogP contribution is -2.37. The Kier molecular flexibility index (Phi) is 5.05. The second-order valence-corrected chi connectivity index (χ2v) is 5.33. The van der Waals surface area contributed by atoms with Gasteiger partial charge < -0.3 is 16.0 Å². The van der Waals surface area contributed by atoms with Gasteiger partial charge in [-0.3, -0.25) is 4.79 Å². The van der Waals surface area contributed by atoms with Crippen LogP contribution in [0.15, 0.2) is 18.2 Å². The van der Waals surface area contributed by atoms with Crippen LogP contribution in [0, 0.1) is 0 Å². The minimum Gasteiger partial charge on any atom is -0.398 e. The highest BCUT2D eigenvalue weighted by Crippen LogP contribution is 2.17. The van der Waals surface area contributed by atoms with Crippen LogP contribution in [0.4, 0.5) is 5.69 Å². The van der Waals surface area contributed by atoms with Crippen molar-refractivity contribution >= 4 is 23.2 Å². The third-order valence-corrected chi connectivity index (χ3v) is 3.66. The minimum atomic E-state index is -0.133. The van der Waals surface area contributed by atoms with Crippen molar-refractivity contribution < 1.29 is 4.79 Å². The molecule has 1 aliphatic heterocycles. The molecule has 0 atom stereocenters. The summed E-state index contributed by atoms with van der Waals surface area (Å²) < 4.78 is 0. The maximum atomic E-state index is 12.0. The largest absolute Gasteiger partial charge is 0.398 e. The standard InChI is InChI=1S/C14H20ClN3O/c15-11-4-5-12(13(16)10-11)14(19)17-6-9-18-7-2-1-3-8-18/h4-5,10H,1-3,6-9,16H2,(H,17,19). The number of hydrogen-bond acceptors (Lipinski definition) is 3. The summed E-state index contributed by atoms with van der Waals surface area (Å²) in [5, 5.41) is 3.45. The highest BCUT2D eigenvalue weighted by Gasteiger charge is 2.12. The molecule has 5 heteroatoms. The number of nitrogens with two attached hydrogens (primary N) is 1. The zero-order valence-corrected chi connectivity index (χ0v) is 11.7. The topological polar surface area (TPSA) is 58.4 Å². The van der Waals surface area contributed by atoms with Crippen LogP contribution in [-0.2, 0) is 0 Å². The number of anilines is 1. The molecule has 1 saturated heterocycles. The first-order valence-electron chi connectivity index (χ1n) is 6.72. The van der Waals surface area contributed by atoms with Gasteiger partial charge in [0.2, 0.25) is 0 Å². The summed E-state index contributed by atoms with van der Waals surface area (Å²) in [6.07, 6.45) is 3.85. The average molecular weight is 282 g/mol. The summed E-state index contributed by atoms with van der Waals surface area (Å²) in [4.78, 5) is 14.3. The lowest BCUT2D eigenvalue weighted by Gasteiger charge is -2.26. The van der Waals surface area contributed by atoms with Gasteiger partial charge >= 0.3 is 0 Å². The number of benzene rings is 1. The number of rotatable bonds is 4. The molecule has 1 heterocycles. The molecule has 1 aliphatic rings. The van der Waals surface area contributed by atoms with Crippen molar-refractivity contribution in [3.63, 3.8) is 0 Å². The van der Waals surface area contributed by atoms with Gasteiger partial charge in [-0.05, 0) is 44.1 Å². The van der Waals surface area contributed by atoms with E-state index in [1.807, 2.05) is 0 Å². The van der Waals surface area contributed by atoms with Crippen LogP contribution >= 0.6 is 11.6 Å². The highest BCUT2D eigenvalue weighted by molar-refractivity contribution is 6.31. The van der Waals surface area contributed by atoms with Crippen molar-refractivity contribution in [2.45, 2.75) is 19.3 Å². The van der Waals surface area contributed by atoms with Crippen molar-refractivity contribution in [2.75, 3.05) is 31.9 Å². The summed E-state index contributed by atoms with van der Waals surface area (Å²) in [6.45, 7) is 3.83. The van der Waals surface area contributed by atoms with Gasteiger partial charge in [0.25, 0.3) is 5.91 Å². The van der Waals surface area contributed by atoms with Crippen LogP contribution in [0.1, 0.15) is 29.6 Å². The normalized spacial score (nSPS) is 16.3. The van der Waals surface area contributed by atoms with Crippen molar-refractivity contribution in [3.8, 4) is 0 Å². The molecule has 0 spiro atoms. The Bertz CT molecular complexity index is 444. The van der Waals surface area contributed by atoms with E-state index in [-0.39, 0.29) is 5.91 Å². The van der Waals surface area contributed by atoms with Crippen molar-refractivity contribution in [3.05, 3.63) is 28.8 Å². The van der Waals surface area contributed by atoms with Gasteiger partial charge in [-0.1, -0.05) is 18.0 Å². The van der Waals surface area contributed by atoms with E-state index in [1.165, 1.54) is 19.3 Å². The van der Waals surface area contributed by atoms with Gasteiger partial charge in [-0.25, -0.2) is 0 Å². The van der Waals surface area contributed by atoms with Gasteiger partial charge in [0.1, 0.15) is 0 Å². The molecular formula is C14H20ClN3O. The van der Waals surface area contributed by atoms with E-state index in [4.69, 9.17) is 17.3 Å². The van der Waals surface area contributed by atoms with E-state index < -0.39 is 0 Å². The number of nitrogens with one attached hydrogen (secondary N) is 1. The Morgan fingerprint density at radius 2 is 2.05 bits per heavy atom. The molecule has 104 valence electrons. The van der Waals surface area contributed by atoms with Crippen LogP contribution in [-0.4, -0.2) is 37.0 Å². The van der Waals surface area contributed by atoms with Gasteiger partial charge in [0.15, 0.2) is 0 Å². The number of hydrogen-bond donors (Lipinski definition) is 2. The quantitative estimate of drug-likeness (QED) is 0.832. The molecule has 2 rings (SSSR count). The predicted octanol–water partition coefficient (Wildman–Crippen LogP) is 2.14. The third-order valence-electron chi connectivity index (χ3n) is 3.42. The summed E-state index contributed by atoms with van der Waals surface area (Å²) in [5.41, 5.74) is 6.69. The predicted molar refractivity (Wildman–Crippen MR) is 78.5 cm³/mol. The van der Waals surface area contributed by atoms with E-state index >= 15 is 0 Å². The monoisotopic (exact) mass is 281 g/mol. The zero-order valence-electron chi connectivity index (χ0n) is 11.0. The van der Waals surface area contributed by atoms with Crippen LogP contribution in [0.25, 0.3) is 0 Å². The maximum Gasteiger partial charge on any atom is 0.253 e. The van der Waals surface area contributed by atoms with Crippen LogP contribution in [0.3, 0.4) is 0 Å². The van der Waals surface area contributed by atoms with Gasteiger partial charge in [0.05, 0.1) is 5.56 Å². The Balaban J connectivity index is 1.80. The molecule has 3 N–H and O–H groups in total. The molecular weight excluding hydrogens is 262 g/mol. The molecule has 1 fully saturated rings. The number of halogens is 1. The first kappa shape index (κ1) is 14.2. The number of nitrogen functional groups attached to an aromatic ring is 1. The second-order valence-electron chi connectivity index (χ2n) is 4.89. The lowest BCUT2D eigenvalue weighted by molar-refractivity contribution is 0.0947. The number of likely N-dealkylation sites (tertiary alicyclic amines) is 1. The van der Waals surface area contributed by atoms with Crippen LogP contribution < -0.4 is 11.1 Å². The summed E-state index contributed by atoms with van der Waals surface area (Å²) in [7, 11) is 0. The lowest BCUT2D eigenvalue weighted by atomic mass is 10.1. The number of amides is 1. The summed E-state index contributed by atoms with van der Waals surface area (Å²) >= 11 is 5.81. The Morgan fingerprint density at radius 3 is 2.74 bits per heavy atom. The molecule has 1 aromatic carbocycles. The molecule has 0 bridgehead atoms. The van der Waals surface area contributed by atoms with Gasteiger partial charge in [0, 0.05) is 23.8 Å². The van der Waals surface area contributed by atoms with E-state index in [0.717, 1.165) is 19.6 Å². The third kappa shape index (κ3) is 4.11. The van der Waals surface area contributed by atoms with E-state index in [2.05, 4.69) is 10.2 Å². The smallest absolute Gasteiger partial charge is 0.253 e. The van der Waals surface area contributed by atoms with Crippen molar-refractivity contribution in [1.29, 1.82) is 0 Å². The number of nitrogens with zero attached hydrogens (tertiary/aromatic N) is 1. The molecule has 0 radical (unpaired) electrons. The Morgan fingerprint density at radius 1 is 1.32 bits per heavy atom. The van der Waals surface area contributed by atoms with E-state index in [0.29, 0.717) is 22.8 Å². The van der Waals surface area contributed by atoms with Gasteiger partial charge in [-0.15, -0.1) is 0 Å². The maximum absolute atomic E-state index is 12.0. The second kappa shape index (κ2) is 6.78. The molecule has 4 nitrogen and oxygen atoms in total. The number of carbonyl (C=O) groups is 1. The van der Waals surface area contributed by atoms with Crippen LogP contribution in [0.2, 0.25) is 5.02 Å². The van der Waals surface area contributed by atoms with E-state index in [1.54, 1.807) is 18.2 Å². The van der Waals surface area contributed by atoms with Crippen LogP contribution in [0.5, 0.6) is 0 Å². The first-order valence-corrected chi connectivity index (χ1v) is 7.10. The van der Waals surface area contributed by atoms with E-state index in [9.17, 15) is 4.79 Å². The fourth-order valence-corrected chi connectivity index (χ4v) is 2.53. The zero-order chi connectivity index (χ0) is 13.7. The van der Waals surface area contributed by atoms with Crippen molar-refractivity contribution in [1.82, 2.24) is 10.2 Å². The molecule has 0 aromatic heterocycles. The van der Waals surface area contributed by atoms with Gasteiger partial charge in [-0.2, -0.15) is 0 Å². The highest BCUT2D eigenvalue weighted by atomic mass is 35.5. The fraction of sp³-hybridized carbons (Fsp3) is 0.500. The molecule has 0 saturated carbocycles.